The van der Waals surface area contributed by atoms with E-state index in [9.17, 15) is 14.9 Å². The summed E-state index contributed by atoms with van der Waals surface area (Å²) < 4.78 is 4.96. The Hall–Kier alpha value is -1.94. The minimum Gasteiger partial charge on any atom is -0.466 e. The lowest BCUT2D eigenvalue weighted by molar-refractivity contribution is -0.385. The van der Waals surface area contributed by atoms with Crippen molar-refractivity contribution in [2.24, 2.45) is 0 Å². The zero-order valence-corrected chi connectivity index (χ0v) is 11.1. The van der Waals surface area contributed by atoms with E-state index < -0.39 is 10.9 Å². The summed E-state index contributed by atoms with van der Waals surface area (Å²) in [5.41, 5.74) is 0.247. The van der Waals surface area contributed by atoms with Gasteiger partial charge in [0.1, 0.15) is 0 Å². The molecule has 0 aliphatic heterocycles. The minimum absolute atomic E-state index is 0.120. The highest BCUT2D eigenvalue weighted by Gasteiger charge is 2.19. The molecule has 0 aliphatic rings. The summed E-state index contributed by atoms with van der Waals surface area (Å²) in [6, 6.07) is 4.39. The number of benzene rings is 1. The molecule has 1 aromatic rings. The second kappa shape index (κ2) is 6.12. The monoisotopic (exact) mass is 312 g/mol. The smallest absolute Gasteiger partial charge is 0.310 e. The number of rotatable bonds is 4. The van der Waals surface area contributed by atoms with Gasteiger partial charge < -0.3 is 4.74 Å². The van der Waals surface area contributed by atoms with Gasteiger partial charge in [0.25, 0.3) is 5.69 Å². The SMILES string of the molecule is CCOC(=O)Cc1cc(C#N)cc([N+](=O)[O-])c1Br. The first-order chi connectivity index (χ1) is 8.49. The Morgan fingerprint density at radius 1 is 1.61 bits per heavy atom. The number of nitriles is 1. The van der Waals surface area contributed by atoms with E-state index in [0.717, 1.165) is 6.07 Å². The Bertz CT molecular complexity index is 537. The van der Waals surface area contributed by atoms with Gasteiger partial charge in [-0.1, -0.05) is 0 Å². The number of halogens is 1. The van der Waals surface area contributed by atoms with Crippen molar-refractivity contribution in [3.05, 3.63) is 37.8 Å². The Morgan fingerprint density at radius 2 is 2.28 bits per heavy atom. The van der Waals surface area contributed by atoms with Crippen molar-refractivity contribution < 1.29 is 14.5 Å². The molecule has 0 fully saturated rings. The van der Waals surface area contributed by atoms with E-state index in [0.29, 0.717) is 5.56 Å². The molecule has 0 atom stereocenters. The zero-order chi connectivity index (χ0) is 13.7. The quantitative estimate of drug-likeness (QED) is 0.483. The number of hydrogen-bond acceptors (Lipinski definition) is 5. The summed E-state index contributed by atoms with van der Waals surface area (Å²) in [6.07, 6.45) is -0.120. The zero-order valence-electron chi connectivity index (χ0n) is 9.47. The molecule has 0 bridgehead atoms. The highest BCUT2D eigenvalue weighted by atomic mass is 79.9. The van der Waals surface area contributed by atoms with Crippen LogP contribution in [0.1, 0.15) is 18.1 Å². The van der Waals surface area contributed by atoms with E-state index in [-0.39, 0.29) is 28.8 Å². The maximum absolute atomic E-state index is 11.3. The van der Waals surface area contributed by atoms with Crippen LogP contribution in [0.5, 0.6) is 0 Å². The lowest BCUT2D eigenvalue weighted by atomic mass is 10.1. The van der Waals surface area contributed by atoms with Crippen molar-refractivity contribution in [1.29, 1.82) is 5.26 Å². The van der Waals surface area contributed by atoms with Gasteiger partial charge in [-0.05, 0) is 34.5 Å². The summed E-state index contributed by atoms with van der Waals surface area (Å²) in [5, 5.41) is 19.6. The topological polar surface area (TPSA) is 93.2 Å². The van der Waals surface area contributed by atoms with E-state index in [1.807, 2.05) is 6.07 Å². The number of hydrogen-bond donors (Lipinski definition) is 0. The maximum Gasteiger partial charge on any atom is 0.310 e. The second-order valence-corrected chi connectivity index (χ2v) is 4.11. The van der Waals surface area contributed by atoms with Crippen LogP contribution in [-0.4, -0.2) is 17.5 Å². The van der Waals surface area contributed by atoms with Gasteiger partial charge in [-0.15, -0.1) is 0 Å². The molecule has 6 nitrogen and oxygen atoms in total. The maximum atomic E-state index is 11.3. The van der Waals surface area contributed by atoms with Gasteiger partial charge in [-0.3, -0.25) is 14.9 Å². The third-order valence-electron chi connectivity index (χ3n) is 2.09. The van der Waals surface area contributed by atoms with Gasteiger partial charge in [0, 0.05) is 6.07 Å². The number of esters is 1. The third-order valence-corrected chi connectivity index (χ3v) is 3.01. The van der Waals surface area contributed by atoms with Crippen molar-refractivity contribution in [2.45, 2.75) is 13.3 Å². The van der Waals surface area contributed by atoms with Crippen LogP contribution in [-0.2, 0) is 16.0 Å². The highest BCUT2D eigenvalue weighted by molar-refractivity contribution is 9.10. The molecule has 0 N–H and O–H groups in total. The highest BCUT2D eigenvalue weighted by Crippen LogP contribution is 2.30. The van der Waals surface area contributed by atoms with Crippen molar-refractivity contribution in [2.75, 3.05) is 6.61 Å². The average molecular weight is 313 g/mol. The van der Waals surface area contributed by atoms with Crippen LogP contribution in [0.2, 0.25) is 0 Å². The van der Waals surface area contributed by atoms with E-state index in [4.69, 9.17) is 10.00 Å². The first-order valence-electron chi connectivity index (χ1n) is 5.02. The standard InChI is InChI=1S/C11H9BrN2O4/c1-2-18-10(15)5-8-3-7(6-13)4-9(11(8)12)14(16)17/h3-4H,2,5H2,1H3. The Kier molecular flexibility index (Phi) is 4.80. The van der Waals surface area contributed by atoms with Crippen molar-refractivity contribution in [1.82, 2.24) is 0 Å². The molecular weight excluding hydrogens is 304 g/mol. The van der Waals surface area contributed by atoms with Gasteiger partial charge in [-0.25, -0.2) is 0 Å². The average Bonchev–Trinajstić information content (AvgIpc) is 2.31. The van der Waals surface area contributed by atoms with Crippen LogP contribution in [0, 0.1) is 21.4 Å². The number of nitro benzene ring substituents is 1. The fourth-order valence-electron chi connectivity index (χ4n) is 1.36. The Morgan fingerprint density at radius 3 is 2.78 bits per heavy atom. The molecule has 0 saturated heterocycles. The number of nitro groups is 1. The van der Waals surface area contributed by atoms with Gasteiger partial charge in [-0.2, -0.15) is 5.26 Å². The van der Waals surface area contributed by atoms with Crippen LogP contribution < -0.4 is 0 Å². The number of carbonyl (C=O) groups is 1. The van der Waals surface area contributed by atoms with E-state index >= 15 is 0 Å². The Labute approximate surface area is 111 Å². The molecule has 1 rings (SSSR count). The van der Waals surface area contributed by atoms with E-state index in [1.165, 1.54) is 6.07 Å². The lowest BCUT2D eigenvalue weighted by Crippen LogP contribution is -2.08. The summed E-state index contributed by atoms with van der Waals surface area (Å²) in [7, 11) is 0. The van der Waals surface area contributed by atoms with Crippen molar-refractivity contribution >= 4 is 27.6 Å². The molecule has 7 heteroatoms. The largest absolute Gasteiger partial charge is 0.466 e. The first-order valence-corrected chi connectivity index (χ1v) is 5.81. The van der Waals surface area contributed by atoms with Gasteiger partial charge in [0.15, 0.2) is 0 Å². The first kappa shape index (κ1) is 14.1. The van der Waals surface area contributed by atoms with Crippen molar-refractivity contribution in [3.63, 3.8) is 0 Å². The normalized spacial score (nSPS) is 9.61. The summed E-state index contributed by atoms with van der Waals surface area (Å²) in [5.74, 6) is -0.498. The van der Waals surface area contributed by atoms with Gasteiger partial charge in [0.05, 0.1) is 34.1 Å². The van der Waals surface area contributed by atoms with Gasteiger partial charge in [0.2, 0.25) is 0 Å². The van der Waals surface area contributed by atoms with E-state index in [1.54, 1.807) is 6.92 Å². The number of ether oxygens (including phenoxy) is 1. The fourth-order valence-corrected chi connectivity index (χ4v) is 1.88. The lowest BCUT2D eigenvalue weighted by Gasteiger charge is -2.05. The van der Waals surface area contributed by atoms with E-state index in [2.05, 4.69) is 15.9 Å². The van der Waals surface area contributed by atoms with Crippen LogP contribution in [0.25, 0.3) is 0 Å². The summed E-state index contributed by atoms with van der Waals surface area (Å²) in [4.78, 5) is 21.5. The molecule has 0 spiro atoms. The molecule has 0 unspecified atom stereocenters. The molecule has 18 heavy (non-hydrogen) atoms. The fraction of sp³-hybridized carbons (Fsp3) is 0.273. The Balaban J connectivity index is 3.19. The molecule has 0 aliphatic carbocycles. The second-order valence-electron chi connectivity index (χ2n) is 3.32. The predicted octanol–water partition coefficient (Wildman–Crippen LogP) is 2.33. The van der Waals surface area contributed by atoms with Crippen LogP contribution >= 0.6 is 15.9 Å². The predicted molar refractivity (Wildman–Crippen MR) is 65.8 cm³/mol. The molecule has 0 amide bonds. The molecular formula is C11H9BrN2O4. The third kappa shape index (κ3) is 3.28. The number of nitrogens with zero attached hydrogens (tertiary/aromatic N) is 2. The minimum atomic E-state index is -0.612. The molecule has 0 saturated carbocycles. The van der Waals surface area contributed by atoms with Crippen LogP contribution in [0.15, 0.2) is 16.6 Å². The molecule has 94 valence electrons. The number of carbonyl (C=O) groups excluding carboxylic acids is 1. The molecule has 1 aromatic carbocycles. The van der Waals surface area contributed by atoms with Crippen LogP contribution in [0.4, 0.5) is 5.69 Å². The molecule has 0 heterocycles. The molecule has 0 radical (unpaired) electrons. The molecule has 0 aromatic heterocycles. The summed E-state index contributed by atoms with van der Waals surface area (Å²) in [6.45, 7) is 1.90. The van der Waals surface area contributed by atoms with Gasteiger partial charge >= 0.3 is 5.97 Å². The summed E-state index contributed by atoms with van der Waals surface area (Å²) >= 11 is 3.07. The van der Waals surface area contributed by atoms with Crippen molar-refractivity contribution in [3.8, 4) is 6.07 Å². The van der Waals surface area contributed by atoms with Crippen LogP contribution in [0.3, 0.4) is 0 Å².